The van der Waals surface area contributed by atoms with Crippen LogP contribution in [0.2, 0.25) is 0 Å². The molecule has 0 amide bonds. The Morgan fingerprint density at radius 2 is 0.768 bits per heavy atom. The Labute approximate surface area is 325 Å². The molecule has 2 nitrogen and oxygen atoms in total. The van der Waals surface area contributed by atoms with Gasteiger partial charge in [0.1, 0.15) is 0 Å². The maximum Gasteiger partial charge on any atom is 0.0791 e. The molecule has 0 aliphatic carbocycles. The molecule has 0 fully saturated rings. The van der Waals surface area contributed by atoms with Crippen molar-refractivity contribution in [1.82, 2.24) is 9.97 Å². The molecule has 0 bridgehead atoms. The summed E-state index contributed by atoms with van der Waals surface area (Å²) >= 11 is 0. The van der Waals surface area contributed by atoms with Crippen molar-refractivity contribution in [3.8, 4) is 44.8 Å². The van der Waals surface area contributed by atoms with Crippen LogP contribution < -0.4 is 0 Å². The summed E-state index contributed by atoms with van der Waals surface area (Å²) in [5.41, 5.74) is 13.4. The molecule has 0 N–H and O–H groups in total. The van der Waals surface area contributed by atoms with Crippen LogP contribution in [-0.2, 0) is 0 Å². The van der Waals surface area contributed by atoms with E-state index in [9.17, 15) is 0 Å². The minimum Gasteiger partial charge on any atom is -0.247 e. The van der Waals surface area contributed by atoms with Gasteiger partial charge < -0.3 is 0 Å². The summed E-state index contributed by atoms with van der Waals surface area (Å²) in [7, 11) is 0. The molecule has 0 radical (unpaired) electrons. The Morgan fingerprint density at radius 1 is 0.304 bits per heavy atom. The van der Waals surface area contributed by atoms with Crippen molar-refractivity contribution in [3.63, 3.8) is 0 Å². The van der Waals surface area contributed by atoms with Gasteiger partial charge in [-0.3, -0.25) is 0 Å². The SMILES string of the molecule is Cc1c2c(-c3cccc(-c4cc5ccccc5c5ccccc45)c3)nc3ccccc3c2c(C)c2c(-c3ccc(-c4ccccc4)cc3)nc3ccccc3c12. The summed E-state index contributed by atoms with van der Waals surface area (Å²) in [6, 6.07) is 65.5. The minimum atomic E-state index is 0.987. The van der Waals surface area contributed by atoms with Gasteiger partial charge in [0.2, 0.25) is 0 Å². The fourth-order valence-electron chi connectivity index (χ4n) is 9.18. The maximum atomic E-state index is 5.51. The molecule has 2 heterocycles. The van der Waals surface area contributed by atoms with Crippen molar-refractivity contribution in [2.45, 2.75) is 13.8 Å². The highest BCUT2D eigenvalue weighted by molar-refractivity contribution is 6.25. The van der Waals surface area contributed by atoms with Gasteiger partial charge >= 0.3 is 0 Å². The van der Waals surface area contributed by atoms with E-state index in [1.165, 1.54) is 76.5 Å². The summed E-state index contributed by atoms with van der Waals surface area (Å²) < 4.78 is 0. The first-order valence-corrected chi connectivity index (χ1v) is 19.3. The molecule has 0 saturated heterocycles. The summed E-state index contributed by atoms with van der Waals surface area (Å²) in [5.74, 6) is 0. The van der Waals surface area contributed by atoms with Gasteiger partial charge in [-0.05, 0) is 104 Å². The molecule has 11 aromatic rings. The number of aryl methyl sites for hydroxylation is 2. The van der Waals surface area contributed by atoms with Crippen LogP contribution in [0.1, 0.15) is 11.1 Å². The quantitative estimate of drug-likeness (QED) is 0.134. The zero-order chi connectivity index (χ0) is 37.3. The lowest BCUT2D eigenvalue weighted by molar-refractivity contribution is 1.39. The van der Waals surface area contributed by atoms with Crippen molar-refractivity contribution in [2.24, 2.45) is 0 Å². The number of benzene rings is 9. The molecule has 0 saturated carbocycles. The van der Waals surface area contributed by atoms with Crippen LogP contribution in [0.3, 0.4) is 0 Å². The number of para-hydroxylation sites is 2. The second-order valence-electron chi connectivity index (χ2n) is 14.9. The standard InChI is InChI=1S/C54H36N2/c1-33-50-45-24-11-13-26-48(45)56-54(40-19-14-18-38(31-40)46-32-39-17-6-7-20-41(39)42-21-8-9-22-43(42)46)52(50)34(2)49-44-23-10-12-25-47(44)55-53(51(33)49)37-29-27-36(28-30-37)35-15-4-3-5-16-35/h3-32H,1-2H3. The molecular formula is C54H36N2. The lowest BCUT2D eigenvalue weighted by Crippen LogP contribution is -1.99. The van der Waals surface area contributed by atoms with Gasteiger partial charge in [-0.25, -0.2) is 9.97 Å². The van der Waals surface area contributed by atoms with Crippen molar-refractivity contribution >= 4 is 64.9 Å². The van der Waals surface area contributed by atoms with E-state index in [1.54, 1.807) is 0 Å². The third-order valence-corrected chi connectivity index (χ3v) is 11.8. The van der Waals surface area contributed by atoms with Crippen LogP contribution in [0, 0.1) is 13.8 Å². The summed E-state index contributed by atoms with van der Waals surface area (Å²) in [6.45, 7) is 4.58. The van der Waals surface area contributed by atoms with E-state index in [1.807, 2.05) is 0 Å². The number of rotatable bonds is 4. The number of hydrogen-bond acceptors (Lipinski definition) is 2. The first-order chi connectivity index (χ1) is 27.6. The highest BCUT2D eigenvalue weighted by atomic mass is 14.7. The topological polar surface area (TPSA) is 25.8 Å². The molecule has 56 heavy (non-hydrogen) atoms. The van der Waals surface area contributed by atoms with Gasteiger partial charge in [0.25, 0.3) is 0 Å². The van der Waals surface area contributed by atoms with Gasteiger partial charge in [0.05, 0.1) is 22.4 Å². The fourth-order valence-corrected chi connectivity index (χ4v) is 9.18. The second kappa shape index (κ2) is 12.7. The van der Waals surface area contributed by atoms with E-state index in [-0.39, 0.29) is 0 Å². The zero-order valence-corrected chi connectivity index (χ0v) is 31.2. The number of pyridine rings is 2. The molecule has 0 aliphatic rings. The molecule has 0 spiro atoms. The Hall–Kier alpha value is -7.16. The van der Waals surface area contributed by atoms with Crippen molar-refractivity contribution in [1.29, 1.82) is 0 Å². The van der Waals surface area contributed by atoms with Gasteiger partial charge in [-0.1, -0.05) is 158 Å². The Bertz CT molecular complexity index is 3360. The van der Waals surface area contributed by atoms with Crippen molar-refractivity contribution in [2.75, 3.05) is 0 Å². The third kappa shape index (κ3) is 4.96. The van der Waals surface area contributed by atoms with Crippen LogP contribution in [0.4, 0.5) is 0 Å². The smallest absolute Gasteiger partial charge is 0.0791 e. The minimum absolute atomic E-state index is 0.987. The molecule has 0 unspecified atom stereocenters. The van der Waals surface area contributed by atoms with Crippen LogP contribution in [-0.4, -0.2) is 9.97 Å². The van der Waals surface area contributed by atoms with Crippen LogP contribution in [0.25, 0.3) is 110 Å². The Kier molecular flexibility index (Phi) is 7.33. The first-order valence-electron chi connectivity index (χ1n) is 19.3. The van der Waals surface area contributed by atoms with Crippen molar-refractivity contribution < 1.29 is 0 Å². The maximum absolute atomic E-state index is 5.51. The van der Waals surface area contributed by atoms with Gasteiger partial charge in [0, 0.05) is 32.7 Å². The average molecular weight is 713 g/mol. The molecule has 2 heteroatoms. The monoisotopic (exact) mass is 712 g/mol. The predicted octanol–water partition coefficient (Wildman–Crippen LogP) is 14.7. The second-order valence-corrected chi connectivity index (χ2v) is 14.9. The number of hydrogen-bond donors (Lipinski definition) is 0. The lowest BCUT2D eigenvalue weighted by Gasteiger charge is -2.21. The lowest BCUT2D eigenvalue weighted by atomic mass is 9.85. The molecule has 11 rings (SSSR count). The van der Waals surface area contributed by atoms with Crippen LogP contribution in [0.5, 0.6) is 0 Å². The normalized spacial score (nSPS) is 11.8. The average Bonchev–Trinajstić information content (AvgIpc) is 3.27. The van der Waals surface area contributed by atoms with E-state index < -0.39 is 0 Å². The molecule has 0 atom stereocenters. The predicted molar refractivity (Wildman–Crippen MR) is 238 cm³/mol. The number of aromatic nitrogens is 2. The van der Waals surface area contributed by atoms with Gasteiger partial charge in [-0.2, -0.15) is 0 Å². The molecule has 9 aromatic carbocycles. The zero-order valence-electron chi connectivity index (χ0n) is 31.2. The fraction of sp³-hybridized carbons (Fsp3) is 0.0370. The van der Waals surface area contributed by atoms with E-state index in [0.717, 1.165) is 44.3 Å². The Morgan fingerprint density at radius 3 is 1.43 bits per heavy atom. The largest absolute Gasteiger partial charge is 0.247 e. The molecule has 262 valence electrons. The van der Waals surface area contributed by atoms with Gasteiger partial charge in [0.15, 0.2) is 0 Å². The molecule has 0 aliphatic heterocycles. The van der Waals surface area contributed by atoms with E-state index >= 15 is 0 Å². The summed E-state index contributed by atoms with van der Waals surface area (Å²) in [4.78, 5) is 10.9. The van der Waals surface area contributed by atoms with E-state index in [0.29, 0.717) is 0 Å². The van der Waals surface area contributed by atoms with E-state index in [2.05, 4.69) is 196 Å². The summed E-state index contributed by atoms with van der Waals surface area (Å²) in [6.07, 6.45) is 0. The Balaban J connectivity index is 1.21. The van der Waals surface area contributed by atoms with Crippen molar-refractivity contribution in [3.05, 3.63) is 193 Å². The summed E-state index contributed by atoms with van der Waals surface area (Å²) in [5, 5.41) is 12.2. The molecule has 2 aromatic heterocycles. The third-order valence-electron chi connectivity index (χ3n) is 11.8. The van der Waals surface area contributed by atoms with E-state index in [4.69, 9.17) is 9.97 Å². The number of fused-ring (bicyclic) bond motifs is 9. The number of nitrogens with zero attached hydrogens (tertiary/aromatic N) is 2. The van der Waals surface area contributed by atoms with Crippen LogP contribution in [0.15, 0.2) is 182 Å². The first kappa shape index (κ1) is 32.3. The highest BCUT2D eigenvalue weighted by Crippen LogP contribution is 2.46. The van der Waals surface area contributed by atoms with Crippen LogP contribution >= 0.6 is 0 Å². The molecular weight excluding hydrogens is 677 g/mol. The van der Waals surface area contributed by atoms with Gasteiger partial charge in [-0.15, -0.1) is 0 Å². The highest BCUT2D eigenvalue weighted by Gasteiger charge is 2.23.